The summed E-state index contributed by atoms with van der Waals surface area (Å²) in [4.78, 5) is 11.2. The standard InChI is InChI=1S/C11H14FNO2/c1-13(6-5-11(14)15)8-9-3-2-4-10(12)7-9/h2-4,7H,5-6,8H2,1H3,(H,14,15). The molecule has 15 heavy (non-hydrogen) atoms. The fourth-order valence-corrected chi connectivity index (χ4v) is 1.40. The highest BCUT2D eigenvalue weighted by molar-refractivity contribution is 5.64. The quantitative estimate of drug-likeness (QED) is 0.677. The first-order valence-electron chi connectivity index (χ1n) is 4.83. The van der Waals surface area contributed by atoms with Gasteiger partial charge in [0.15, 0.2) is 0 Å². The van der Waals surface area contributed by atoms with E-state index >= 15 is 0 Å². The lowest BCUT2D eigenvalue weighted by atomic mass is 10.2. The molecule has 3 nitrogen and oxygen atoms in total. The second kappa shape index (κ2) is 5.46. The lowest BCUT2D eigenvalue weighted by Gasteiger charge is -2.14. The summed E-state index contributed by atoms with van der Waals surface area (Å²) in [5, 5.41) is 10.2. The largest absolute Gasteiger partial charge is 0.550 e. The highest BCUT2D eigenvalue weighted by Gasteiger charge is 2.04. The maximum Gasteiger partial charge on any atom is 0.123 e. The molecule has 1 N–H and O–H groups in total. The molecule has 0 heterocycles. The summed E-state index contributed by atoms with van der Waals surface area (Å²) in [5.74, 6) is -1.31. The van der Waals surface area contributed by atoms with Gasteiger partial charge >= 0.3 is 0 Å². The minimum Gasteiger partial charge on any atom is -0.550 e. The van der Waals surface area contributed by atoms with Crippen LogP contribution in [0.4, 0.5) is 4.39 Å². The van der Waals surface area contributed by atoms with Gasteiger partial charge in [-0.2, -0.15) is 0 Å². The molecule has 0 bridgehead atoms. The number of aliphatic carboxylic acids is 1. The second-order valence-electron chi connectivity index (χ2n) is 3.64. The molecule has 1 unspecified atom stereocenters. The van der Waals surface area contributed by atoms with Crippen molar-refractivity contribution in [2.24, 2.45) is 0 Å². The van der Waals surface area contributed by atoms with Crippen molar-refractivity contribution in [1.82, 2.24) is 0 Å². The molecule has 0 aromatic heterocycles. The lowest BCUT2D eigenvalue weighted by molar-refractivity contribution is -0.893. The Balaban J connectivity index is 2.44. The van der Waals surface area contributed by atoms with Crippen LogP contribution in [-0.4, -0.2) is 19.6 Å². The van der Waals surface area contributed by atoms with Gasteiger partial charge in [-0.15, -0.1) is 0 Å². The Morgan fingerprint density at radius 2 is 2.27 bits per heavy atom. The van der Waals surface area contributed by atoms with E-state index in [-0.39, 0.29) is 12.2 Å². The van der Waals surface area contributed by atoms with E-state index in [0.717, 1.165) is 10.5 Å². The first-order chi connectivity index (χ1) is 7.08. The summed E-state index contributed by atoms with van der Waals surface area (Å²) in [6.45, 7) is 1.10. The molecule has 0 saturated carbocycles. The van der Waals surface area contributed by atoms with E-state index < -0.39 is 5.97 Å². The molecule has 0 fully saturated rings. The van der Waals surface area contributed by atoms with Crippen molar-refractivity contribution in [2.45, 2.75) is 13.0 Å². The number of quaternary nitrogens is 1. The predicted molar refractivity (Wildman–Crippen MR) is 51.5 cm³/mol. The summed E-state index contributed by atoms with van der Waals surface area (Å²) in [5.41, 5.74) is 0.867. The Labute approximate surface area is 88.1 Å². The molecule has 0 aliphatic rings. The molecule has 1 atom stereocenters. The Hall–Kier alpha value is -1.42. The van der Waals surface area contributed by atoms with E-state index in [9.17, 15) is 14.3 Å². The van der Waals surface area contributed by atoms with Crippen LogP contribution in [0.15, 0.2) is 24.3 Å². The van der Waals surface area contributed by atoms with Crippen LogP contribution in [0.1, 0.15) is 12.0 Å². The monoisotopic (exact) mass is 211 g/mol. The van der Waals surface area contributed by atoms with Crippen LogP contribution in [0.3, 0.4) is 0 Å². The first-order valence-corrected chi connectivity index (χ1v) is 4.83. The zero-order valence-corrected chi connectivity index (χ0v) is 8.63. The van der Waals surface area contributed by atoms with Gasteiger partial charge in [0.1, 0.15) is 12.4 Å². The van der Waals surface area contributed by atoms with Gasteiger partial charge in [0, 0.05) is 18.0 Å². The molecule has 1 aromatic carbocycles. The zero-order chi connectivity index (χ0) is 11.3. The minimum absolute atomic E-state index is 0.0289. The zero-order valence-electron chi connectivity index (χ0n) is 8.63. The number of carboxylic acids is 1. The van der Waals surface area contributed by atoms with Gasteiger partial charge in [0.25, 0.3) is 0 Å². The van der Waals surface area contributed by atoms with Crippen molar-refractivity contribution in [3.63, 3.8) is 0 Å². The predicted octanol–water partition coefficient (Wildman–Crippen LogP) is -1.02. The maximum atomic E-state index is 12.8. The molecule has 1 aromatic rings. The second-order valence-corrected chi connectivity index (χ2v) is 3.64. The molecule has 1 rings (SSSR count). The topological polar surface area (TPSA) is 44.6 Å². The van der Waals surface area contributed by atoms with Crippen LogP contribution < -0.4 is 10.0 Å². The fraction of sp³-hybridized carbons (Fsp3) is 0.364. The maximum absolute atomic E-state index is 12.8. The Morgan fingerprint density at radius 1 is 1.53 bits per heavy atom. The van der Waals surface area contributed by atoms with E-state index in [4.69, 9.17) is 0 Å². The molecule has 82 valence electrons. The third kappa shape index (κ3) is 4.56. The summed E-state index contributed by atoms with van der Waals surface area (Å²) < 4.78 is 12.8. The van der Waals surface area contributed by atoms with Crippen LogP contribution >= 0.6 is 0 Å². The van der Waals surface area contributed by atoms with Gasteiger partial charge in [-0.25, -0.2) is 4.39 Å². The van der Waals surface area contributed by atoms with Crippen molar-refractivity contribution in [2.75, 3.05) is 13.6 Å². The third-order valence-corrected chi connectivity index (χ3v) is 2.15. The van der Waals surface area contributed by atoms with E-state index in [1.165, 1.54) is 12.1 Å². The number of benzene rings is 1. The SMILES string of the molecule is C[NH+](CCC(=O)[O-])Cc1cccc(F)c1. The molecule has 0 aliphatic carbocycles. The Bertz CT molecular complexity index is 341. The molecule has 0 spiro atoms. The Morgan fingerprint density at radius 3 is 2.87 bits per heavy atom. The van der Waals surface area contributed by atoms with Gasteiger partial charge in [0.2, 0.25) is 0 Å². The highest BCUT2D eigenvalue weighted by atomic mass is 19.1. The van der Waals surface area contributed by atoms with Gasteiger partial charge in [-0.1, -0.05) is 12.1 Å². The number of hydrogen-bond acceptors (Lipinski definition) is 2. The highest BCUT2D eigenvalue weighted by Crippen LogP contribution is 2.01. The smallest absolute Gasteiger partial charge is 0.123 e. The molecule has 0 aliphatic heterocycles. The average molecular weight is 211 g/mol. The average Bonchev–Trinajstić information content (AvgIpc) is 2.15. The van der Waals surface area contributed by atoms with Gasteiger partial charge in [-0.05, 0) is 12.1 Å². The van der Waals surface area contributed by atoms with Crippen molar-refractivity contribution in [1.29, 1.82) is 0 Å². The summed E-state index contributed by atoms with van der Waals surface area (Å²) in [6.07, 6.45) is 0.0289. The van der Waals surface area contributed by atoms with E-state index in [2.05, 4.69) is 0 Å². The van der Waals surface area contributed by atoms with Crippen LogP contribution in [-0.2, 0) is 11.3 Å². The third-order valence-electron chi connectivity index (χ3n) is 2.15. The van der Waals surface area contributed by atoms with Gasteiger partial charge in [-0.3, -0.25) is 0 Å². The molecular formula is C11H14FNO2. The van der Waals surface area contributed by atoms with Crippen LogP contribution in [0, 0.1) is 5.82 Å². The number of hydrogen-bond donors (Lipinski definition) is 1. The molecule has 0 saturated heterocycles. The number of carbonyl (C=O) groups is 1. The molecule has 4 heteroatoms. The van der Waals surface area contributed by atoms with Gasteiger partial charge < -0.3 is 14.8 Å². The van der Waals surface area contributed by atoms with Crippen molar-refractivity contribution >= 4 is 5.97 Å². The fourth-order valence-electron chi connectivity index (χ4n) is 1.40. The van der Waals surface area contributed by atoms with Crippen molar-refractivity contribution in [3.05, 3.63) is 35.6 Å². The number of halogens is 1. The van der Waals surface area contributed by atoms with Crippen molar-refractivity contribution in [3.8, 4) is 0 Å². The van der Waals surface area contributed by atoms with Crippen LogP contribution in [0.5, 0.6) is 0 Å². The van der Waals surface area contributed by atoms with Crippen molar-refractivity contribution < 1.29 is 19.2 Å². The summed E-state index contributed by atoms with van der Waals surface area (Å²) in [6, 6.07) is 6.32. The lowest BCUT2D eigenvalue weighted by Crippen LogP contribution is -3.07. The van der Waals surface area contributed by atoms with E-state index in [1.54, 1.807) is 6.07 Å². The number of nitrogens with one attached hydrogen (secondary N) is 1. The number of rotatable bonds is 5. The molecule has 0 amide bonds. The Kier molecular flexibility index (Phi) is 4.24. The first kappa shape index (κ1) is 11.7. The summed E-state index contributed by atoms with van der Waals surface area (Å²) in [7, 11) is 1.87. The molecule has 0 radical (unpaired) electrons. The van der Waals surface area contributed by atoms with E-state index in [0.29, 0.717) is 13.1 Å². The number of carboxylic acid groups (broad SMARTS) is 1. The van der Waals surface area contributed by atoms with Crippen LogP contribution in [0.2, 0.25) is 0 Å². The minimum atomic E-state index is -1.05. The van der Waals surface area contributed by atoms with Gasteiger partial charge in [0.05, 0.1) is 13.6 Å². The normalized spacial score (nSPS) is 12.4. The van der Waals surface area contributed by atoms with Crippen LogP contribution in [0.25, 0.3) is 0 Å². The number of carbonyl (C=O) groups excluding carboxylic acids is 1. The van der Waals surface area contributed by atoms with E-state index in [1.807, 2.05) is 13.1 Å². The molecular weight excluding hydrogens is 197 g/mol. The summed E-state index contributed by atoms with van der Waals surface area (Å²) >= 11 is 0.